The second-order valence-electron chi connectivity index (χ2n) is 6.82. The van der Waals surface area contributed by atoms with Crippen LogP contribution in [-0.4, -0.2) is 17.2 Å². The summed E-state index contributed by atoms with van der Waals surface area (Å²) in [4.78, 5) is 6.83. The fourth-order valence-corrected chi connectivity index (χ4v) is 4.87. The van der Waals surface area contributed by atoms with E-state index < -0.39 is 0 Å². The highest BCUT2D eigenvalue weighted by Crippen LogP contribution is 2.34. The second kappa shape index (κ2) is 8.56. The number of rotatable bonds is 5. The van der Waals surface area contributed by atoms with Gasteiger partial charge in [0.1, 0.15) is 9.99 Å². The Hall–Kier alpha value is -2.01. The topological polar surface area (TPSA) is 24.4 Å². The number of nitrogens with one attached hydrogen (secondary N) is 1. The first-order valence-corrected chi connectivity index (χ1v) is 11.0. The van der Waals surface area contributed by atoms with Gasteiger partial charge < -0.3 is 5.32 Å². The maximum Gasteiger partial charge on any atom is 0.103 e. The van der Waals surface area contributed by atoms with Gasteiger partial charge in [0.2, 0.25) is 0 Å². The Bertz CT molecular complexity index is 1040. The van der Waals surface area contributed by atoms with Crippen LogP contribution < -0.4 is 5.32 Å². The van der Waals surface area contributed by atoms with Gasteiger partial charge in [0.25, 0.3) is 0 Å². The Morgan fingerprint density at radius 1 is 1.04 bits per heavy atom. The number of thiophene rings is 1. The predicted octanol–water partition coefficient (Wildman–Crippen LogP) is 6.34. The van der Waals surface area contributed by atoms with Crippen molar-refractivity contribution in [1.82, 2.24) is 0 Å². The molecule has 5 heteroatoms. The molecular weight excluding hydrogens is 404 g/mol. The van der Waals surface area contributed by atoms with Gasteiger partial charge in [0, 0.05) is 21.0 Å². The number of nitrogens with zero attached hydrogens (tertiary/aromatic N) is 1. The predicted molar refractivity (Wildman–Crippen MR) is 126 cm³/mol. The van der Waals surface area contributed by atoms with Crippen LogP contribution in [0, 0.1) is 0 Å². The van der Waals surface area contributed by atoms with Crippen LogP contribution in [0.3, 0.4) is 0 Å². The lowest BCUT2D eigenvalue weighted by atomic mass is 10.0. The van der Waals surface area contributed by atoms with E-state index in [9.17, 15) is 0 Å². The number of thiocarbonyl (C=S) groups is 1. The van der Waals surface area contributed by atoms with E-state index in [0.717, 1.165) is 46.1 Å². The summed E-state index contributed by atoms with van der Waals surface area (Å²) in [6.45, 7) is 2.67. The molecule has 28 heavy (non-hydrogen) atoms. The zero-order valence-corrected chi connectivity index (χ0v) is 18.1. The Morgan fingerprint density at radius 3 is 2.54 bits per heavy atom. The first-order valence-electron chi connectivity index (χ1n) is 9.44. The molecule has 2 heterocycles. The molecule has 2 aromatic carbocycles. The molecule has 0 unspecified atom stereocenters. The summed E-state index contributed by atoms with van der Waals surface area (Å²) in [6, 6.07) is 19.0. The molecule has 142 valence electrons. The maximum absolute atomic E-state index is 6.46. The number of benzene rings is 2. The van der Waals surface area contributed by atoms with E-state index in [-0.39, 0.29) is 0 Å². The van der Waals surface area contributed by atoms with Crippen LogP contribution in [0.25, 0.3) is 0 Å². The molecule has 0 saturated heterocycles. The first kappa shape index (κ1) is 19.3. The number of hydrogen-bond acceptors (Lipinski definition) is 3. The number of aryl methyl sites for hydroxylation is 3. The second-order valence-corrected chi connectivity index (χ2v) is 8.86. The summed E-state index contributed by atoms with van der Waals surface area (Å²) in [5.74, 6) is 0. The minimum absolute atomic E-state index is 0.483. The van der Waals surface area contributed by atoms with E-state index in [2.05, 4.69) is 42.6 Å². The fraction of sp³-hybridized carbons (Fsp3) is 0.217. The molecule has 1 aliphatic rings. The summed E-state index contributed by atoms with van der Waals surface area (Å²) >= 11 is 13.7. The van der Waals surface area contributed by atoms with Crippen LogP contribution in [-0.2, 0) is 19.3 Å². The molecule has 0 aliphatic carbocycles. The number of fused-ring (bicyclic) bond motifs is 1. The average molecular weight is 425 g/mol. The Morgan fingerprint density at radius 2 is 1.79 bits per heavy atom. The van der Waals surface area contributed by atoms with Crippen molar-refractivity contribution in [3.05, 3.63) is 86.8 Å². The molecule has 0 saturated carbocycles. The number of hydrogen-bond donors (Lipinski definition) is 1. The molecule has 0 fully saturated rings. The maximum atomic E-state index is 6.46. The molecule has 0 spiro atoms. The Kier molecular flexibility index (Phi) is 5.90. The van der Waals surface area contributed by atoms with Crippen molar-refractivity contribution in [2.75, 3.05) is 11.9 Å². The summed E-state index contributed by atoms with van der Waals surface area (Å²) in [6.07, 6.45) is 3.09. The van der Waals surface area contributed by atoms with Crippen molar-refractivity contribution >= 4 is 50.9 Å². The third-order valence-corrected chi connectivity index (χ3v) is 6.56. The first-order chi connectivity index (χ1) is 13.6. The molecule has 0 amide bonds. The highest BCUT2D eigenvalue weighted by Gasteiger charge is 2.21. The van der Waals surface area contributed by atoms with E-state index in [4.69, 9.17) is 28.8 Å². The largest absolute Gasteiger partial charge is 0.340 e. The van der Waals surface area contributed by atoms with Gasteiger partial charge in [-0.3, -0.25) is 4.99 Å². The van der Waals surface area contributed by atoms with Gasteiger partial charge in [-0.2, -0.15) is 0 Å². The van der Waals surface area contributed by atoms with Crippen molar-refractivity contribution in [2.45, 2.75) is 26.2 Å². The summed E-state index contributed by atoms with van der Waals surface area (Å²) in [5.41, 5.74) is 5.71. The van der Waals surface area contributed by atoms with Crippen LogP contribution >= 0.6 is 35.2 Å². The van der Waals surface area contributed by atoms with Crippen LogP contribution in [0.1, 0.15) is 34.1 Å². The molecule has 0 bridgehead atoms. The van der Waals surface area contributed by atoms with Gasteiger partial charge in [0.15, 0.2) is 0 Å². The number of halogens is 1. The van der Waals surface area contributed by atoms with E-state index >= 15 is 0 Å². The van der Waals surface area contributed by atoms with Crippen molar-refractivity contribution < 1.29 is 0 Å². The van der Waals surface area contributed by atoms with Crippen LogP contribution in [0.4, 0.5) is 5.00 Å². The van der Waals surface area contributed by atoms with Crippen molar-refractivity contribution in [3.8, 4) is 0 Å². The van der Waals surface area contributed by atoms with Gasteiger partial charge in [-0.1, -0.05) is 73.2 Å². The fourth-order valence-electron chi connectivity index (χ4n) is 3.33. The summed E-state index contributed by atoms with van der Waals surface area (Å²) in [5, 5.41) is 5.15. The van der Waals surface area contributed by atoms with E-state index in [0.29, 0.717) is 11.6 Å². The number of aliphatic imine (C=N–C) groups is 1. The van der Waals surface area contributed by atoms with Gasteiger partial charge in [-0.15, -0.1) is 11.3 Å². The molecular formula is C23H21ClN2S2. The van der Waals surface area contributed by atoms with Crippen molar-refractivity contribution in [1.29, 1.82) is 0 Å². The minimum Gasteiger partial charge on any atom is -0.340 e. The number of anilines is 1. The van der Waals surface area contributed by atoms with Crippen molar-refractivity contribution in [3.63, 3.8) is 0 Å². The quantitative estimate of drug-likeness (QED) is 0.483. The standard InChI is InChI=1S/C23H21ClN2S2/c1-2-15-7-9-16(10-8-15)11-12-17-13-19-22(18-5-3-4-6-20(18)24)25-14-21(27)26-23(19)28-17/h3-10,13H,2,11-12,14H2,1H3,(H,26,27). The lowest BCUT2D eigenvalue weighted by Gasteiger charge is -2.07. The third kappa shape index (κ3) is 4.19. The van der Waals surface area contributed by atoms with Gasteiger partial charge in [-0.05, 0) is 42.5 Å². The lowest BCUT2D eigenvalue weighted by molar-refractivity contribution is 0.976. The van der Waals surface area contributed by atoms with Crippen molar-refractivity contribution in [2.24, 2.45) is 4.99 Å². The molecule has 4 rings (SSSR count). The van der Waals surface area contributed by atoms with Gasteiger partial charge >= 0.3 is 0 Å². The summed E-state index contributed by atoms with van der Waals surface area (Å²) in [7, 11) is 0. The van der Waals surface area contributed by atoms with E-state index in [1.807, 2.05) is 24.3 Å². The van der Waals surface area contributed by atoms with Gasteiger partial charge in [0.05, 0.1) is 12.3 Å². The molecule has 3 aromatic rings. The molecule has 0 atom stereocenters. The van der Waals surface area contributed by atoms with E-state index in [1.54, 1.807) is 11.3 Å². The zero-order chi connectivity index (χ0) is 19.5. The highest BCUT2D eigenvalue weighted by molar-refractivity contribution is 7.80. The molecule has 2 nitrogen and oxygen atoms in total. The molecule has 1 N–H and O–H groups in total. The molecule has 1 aliphatic heterocycles. The Labute approximate surface area is 180 Å². The molecule has 1 aromatic heterocycles. The third-order valence-electron chi connectivity index (χ3n) is 4.89. The smallest absolute Gasteiger partial charge is 0.103 e. The Balaban J connectivity index is 1.61. The average Bonchev–Trinajstić information content (AvgIpc) is 3.03. The molecule has 0 radical (unpaired) electrons. The minimum atomic E-state index is 0.483. The van der Waals surface area contributed by atoms with Crippen LogP contribution in [0.2, 0.25) is 5.02 Å². The summed E-state index contributed by atoms with van der Waals surface area (Å²) < 4.78 is 0. The van der Waals surface area contributed by atoms with Crippen LogP contribution in [0.15, 0.2) is 59.6 Å². The highest BCUT2D eigenvalue weighted by atomic mass is 35.5. The van der Waals surface area contributed by atoms with E-state index in [1.165, 1.54) is 16.0 Å². The SMILES string of the molecule is CCc1ccc(CCc2cc3c(s2)NC(=S)CN=C3c2ccccc2Cl)cc1. The van der Waals surface area contributed by atoms with Gasteiger partial charge in [-0.25, -0.2) is 0 Å². The normalized spacial score (nSPS) is 13.5. The lowest BCUT2D eigenvalue weighted by Crippen LogP contribution is -2.09. The zero-order valence-electron chi connectivity index (χ0n) is 15.7. The van der Waals surface area contributed by atoms with Crippen LogP contribution in [0.5, 0.6) is 0 Å². The monoisotopic (exact) mass is 424 g/mol.